The lowest BCUT2D eigenvalue weighted by Gasteiger charge is -2.30. The highest BCUT2D eigenvalue weighted by molar-refractivity contribution is 6.02. The summed E-state index contributed by atoms with van der Waals surface area (Å²) in [7, 11) is 0. The van der Waals surface area contributed by atoms with Crippen LogP contribution in [0.1, 0.15) is 27.2 Å². The largest absolute Gasteiger partial charge is 0.409 e. The van der Waals surface area contributed by atoms with Gasteiger partial charge in [0.1, 0.15) is 5.92 Å². The van der Waals surface area contributed by atoms with Crippen LogP contribution in [0.4, 0.5) is 0 Å². The van der Waals surface area contributed by atoms with Gasteiger partial charge in [-0.2, -0.15) is 0 Å². The molecule has 104 valence electrons. The summed E-state index contributed by atoms with van der Waals surface area (Å²) in [6, 6.07) is -0.162. The van der Waals surface area contributed by atoms with Gasteiger partial charge in [-0.1, -0.05) is 25.9 Å². The van der Waals surface area contributed by atoms with Crippen molar-refractivity contribution in [3.63, 3.8) is 0 Å². The quantitative estimate of drug-likeness (QED) is 0.290. The predicted octanol–water partition coefficient (Wildman–Crippen LogP) is 0.234. The highest BCUT2D eigenvalue weighted by Crippen LogP contribution is 2.27. The average Bonchev–Trinajstić information content (AvgIpc) is 2.69. The lowest BCUT2D eigenvalue weighted by Crippen LogP contribution is -2.48. The van der Waals surface area contributed by atoms with Crippen LogP contribution in [0, 0.1) is 17.8 Å². The lowest BCUT2D eigenvalue weighted by atomic mass is 9.92. The number of rotatable bonds is 4. The Morgan fingerprint density at radius 3 is 2.61 bits per heavy atom. The fraction of sp³-hybridized carbons (Fsp3) is 0.833. The van der Waals surface area contributed by atoms with Crippen molar-refractivity contribution in [3.05, 3.63) is 0 Å². The lowest BCUT2D eigenvalue weighted by molar-refractivity contribution is -0.136. The standard InChI is InChI=1S/C12H23N3O3/c1-7(2)10(11(13)14-18)12(17)15-5-4-8(3)9(15)6-16/h7-10,16,18H,4-6H2,1-3H3,(H2,13,14). The van der Waals surface area contributed by atoms with Gasteiger partial charge in [-0.15, -0.1) is 0 Å². The number of aliphatic hydroxyl groups is 1. The summed E-state index contributed by atoms with van der Waals surface area (Å²) in [5.41, 5.74) is 5.60. The molecule has 6 heteroatoms. The van der Waals surface area contributed by atoms with E-state index >= 15 is 0 Å². The van der Waals surface area contributed by atoms with Crippen molar-refractivity contribution < 1.29 is 15.1 Å². The third-order valence-corrected chi connectivity index (χ3v) is 3.72. The third-order valence-electron chi connectivity index (χ3n) is 3.72. The number of nitrogens with two attached hydrogens (primary N) is 1. The third kappa shape index (κ3) is 2.75. The second kappa shape index (κ2) is 6.04. The molecule has 1 amide bonds. The molecule has 0 radical (unpaired) electrons. The van der Waals surface area contributed by atoms with Crippen molar-refractivity contribution in [1.82, 2.24) is 4.90 Å². The molecule has 3 unspecified atom stereocenters. The minimum Gasteiger partial charge on any atom is -0.409 e. The molecular formula is C12H23N3O3. The van der Waals surface area contributed by atoms with Gasteiger partial charge in [-0.25, -0.2) is 0 Å². The fourth-order valence-corrected chi connectivity index (χ4v) is 2.55. The van der Waals surface area contributed by atoms with Crippen molar-refractivity contribution in [1.29, 1.82) is 0 Å². The van der Waals surface area contributed by atoms with E-state index in [0.717, 1.165) is 6.42 Å². The zero-order valence-electron chi connectivity index (χ0n) is 11.2. The fourth-order valence-electron chi connectivity index (χ4n) is 2.55. The summed E-state index contributed by atoms with van der Waals surface area (Å²) in [6.07, 6.45) is 0.873. The van der Waals surface area contributed by atoms with E-state index < -0.39 is 5.92 Å². The number of carbonyl (C=O) groups excluding carboxylic acids is 1. The van der Waals surface area contributed by atoms with Crippen molar-refractivity contribution >= 4 is 11.7 Å². The molecule has 0 saturated carbocycles. The van der Waals surface area contributed by atoms with Crippen LogP contribution in [-0.2, 0) is 4.79 Å². The summed E-state index contributed by atoms with van der Waals surface area (Å²) in [4.78, 5) is 14.1. The van der Waals surface area contributed by atoms with E-state index in [1.807, 2.05) is 20.8 Å². The predicted molar refractivity (Wildman–Crippen MR) is 68.1 cm³/mol. The molecule has 0 bridgehead atoms. The van der Waals surface area contributed by atoms with Crippen LogP contribution in [0.25, 0.3) is 0 Å². The first-order valence-corrected chi connectivity index (χ1v) is 6.32. The van der Waals surface area contributed by atoms with Crippen molar-refractivity contribution in [2.75, 3.05) is 13.2 Å². The molecule has 0 aromatic rings. The van der Waals surface area contributed by atoms with Gasteiger partial charge in [0.15, 0.2) is 5.84 Å². The second-order valence-corrected chi connectivity index (χ2v) is 5.29. The molecule has 0 aromatic heterocycles. The maximum atomic E-state index is 12.4. The SMILES string of the molecule is CC(C)C(C(=O)N1CCC(C)C1CO)C(N)=NO. The molecule has 0 aliphatic carbocycles. The number of hydrogen-bond acceptors (Lipinski definition) is 4. The van der Waals surface area contributed by atoms with Gasteiger partial charge in [-0.3, -0.25) is 4.79 Å². The number of amides is 1. The van der Waals surface area contributed by atoms with E-state index in [2.05, 4.69) is 5.16 Å². The molecule has 3 atom stereocenters. The topological polar surface area (TPSA) is 99.2 Å². The number of aliphatic hydroxyl groups excluding tert-OH is 1. The number of amidine groups is 1. The number of carbonyl (C=O) groups is 1. The smallest absolute Gasteiger partial charge is 0.234 e. The second-order valence-electron chi connectivity index (χ2n) is 5.29. The number of hydrogen-bond donors (Lipinski definition) is 3. The van der Waals surface area contributed by atoms with Gasteiger partial charge in [0.05, 0.1) is 12.6 Å². The first-order chi connectivity index (χ1) is 8.43. The number of oxime groups is 1. The van der Waals surface area contributed by atoms with E-state index in [4.69, 9.17) is 10.9 Å². The highest BCUT2D eigenvalue weighted by atomic mass is 16.4. The van der Waals surface area contributed by atoms with E-state index in [0.29, 0.717) is 6.54 Å². The summed E-state index contributed by atoms with van der Waals surface area (Å²) in [5.74, 6) is -0.632. The summed E-state index contributed by atoms with van der Waals surface area (Å²) >= 11 is 0. The normalized spacial score (nSPS) is 26.7. The molecule has 1 saturated heterocycles. The summed E-state index contributed by atoms with van der Waals surface area (Å²) < 4.78 is 0. The van der Waals surface area contributed by atoms with Crippen molar-refractivity contribution in [2.45, 2.75) is 33.2 Å². The minimum atomic E-state index is -0.630. The number of likely N-dealkylation sites (tertiary alicyclic amines) is 1. The zero-order chi connectivity index (χ0) is 13.9. The first kappa shape index (κ1) is 14.8. The van der Waals surface area contributed by atoms with Gasteiger partial charge in [0, 0.05) is 6.54 Å². The Morgan fingerprint density at radius 1 is 1.56 bits per heavy atom. The Hall–Kier alpha value is -1.30. The number of nitrogens with zero attached hydrogens (tertiary/aromatic N) is 2. The molecule has 18 heavy (non-hydrogen) atoms. The van der Waals surface area contributed by atoms with Crippen LogP contribution in [0.3, 0.4) is 0 Å². The van der Waals surface area contributed by atoms with Gasteiger partial charge in [-0.05, 0) is 18.3 Å². The van der Waals surface area contributed by atoms with Crippen LogP contribution in [0.15, 0.2) is 5.16 Å². The molecule has 1 rings (SSSR count). The van der Waals surface area contributed by atoms with Crippen LogP contribution < -0.4 is 5.73 Å². The van der Waals surface area contributed by atoms with Crippen LogP contribution in [0.2, 0.25) is 0 Å². The first-order valence-electron chi connectivity index (χ1n) is 6.32. The highest BCUT2D eigenvalue weighted by Gasteiger charge is 2.39. The van der Waals surface area contributed by atoms with Crippen LogP contribution >= 0.6 is 0 Å². The Kier molecular flexibility index (Phi) is 4.95. The van der Waals surface area contributed by atoms with E-state index in [-0.39, 0.29) is 36.2 Å². The van der Waals surface area contributed by atoms with Crippen LogP contribution in [0.5, 0.6) is 0 Å². The van der Waals surface area contributed by atoms with Crippen LogP contribution in [-0.4, -0.2) is 46.1 Å². The Bertz CT molecular complexity index is 331. The van der Waals surface area contributed by atoms with Gasteiger partial charge < -0.3 is 20.9 Å². The Morgan fingerprint density at radius 2 is 2.17 bits per heavy atom. The van der Waals surface area contributed by atoms with Crippen molar-refractivity contribution in [2.24, 2.45) is 28.6 Å². The molecule has 1 fully saturated rings. The van der Waals surface area contributed by atoms with E-state index in [1.54, 1.807) is 4.90 Å². The summed E-state index contributed by atoms with van der Waals surface area (Å²) in [5, 5.41) is 21.1. The van der Waals surface area contributed by atoms with Gasteiger partial charge in [0.25, 0.3) is 0 Å². The minimum absolute atomic E-state index is 0.0477. The Labute approximate surface area is 107 Å². The van der Waals surface area contributed by atoms with Gasteiger partial charge >= 0.3 is 0 Å². The molecular weight excluding hydrogens is 234 g/mol. The Balaban J connectivity index is 2.90. The molecule has 0 spiro atoms. The maximum Gasteiger partial charge on any atom is 0.234 e. The molecule has 1 heterocycles. The average molecular weight is 257 g/mol. The molecule has 1 aliphatic heterocycles. The molecule has 4 N–H and O–H groups in total. The van der Waals surface area contributed by atoms with E-state index in [9.17, 15) is 9.90 Å². The van der Waals surface area contributed by atoms with Crippen molar-refractivity contribution in [3.8, 4) is 0 Å². The maximum absolute atomic E-state index is 12.4. The summed E-state index contributed by atoms with van der Waals surface area (Å²) in [6.45, 7) is 6.30. The molecule has 1 aliphatic rings. The monoisotopic (exact) mass is 257 g/mol. The zero-order valence-corrected chi connectivity index (χ0v) is 11.2. The van der Waals surface area contributed by atoms with Gasteiger partial charge in [0.2, 0.25) is 5.91 Å². The molecule has 6 nitrogen and oxygen atoms in total. The molecule has 0 aromatic carbocycles. The van der Waals surface area contributed by atoms with E-state index in [1.165, 1.54) is 0 Å².